The highest BCUT2D eigenvalue weighted by molar-refractivity contribution is 6.18. The number of hydrogen-bond donors (Lipinski definition) is 0. The van der Waals surface area contributed by atoms with E-state index < -0.39 is 0 Å². The van der Waals surface area contributed by atoms with Crippen LogP contribution in [-0.2, 0) is 0 Å². The van der Waals surface area contributed by atoms with Crippen molar-refractivity contribution in [1.29, 1.82) is 0 Å². The molecule has 0 radical (unpaired) electrons. The second kappa shape index (κ2) is 8.46. The normalized spacial score (nSPS) is 30.3. The summed E-state index contributed by atoms with van der Waals surface area (Å²) in [7, 11) is 0. The molecule has 0 heterocycles. The Morgan fingerprint density at radius 2 is 1.83 bits per heavy atom. The molecule has 0 aromatic carbocycles. The zero-order chi connectivity index (χ0) is 13.4. The minimum absolute atomic E-state index is 0.485. The van der Waals surface area contributed by atoms with E-state index in [1.165, 1.54) is 64.2 Å². The zero-order valence-corrected chi connectivity index (χ0v) is 13.6. The third-order valence-corrected chi connectivity index (χ3v) is 5.55. The van der Waals surface area contributed by atoms with Gasteiger partial charge >= 0.3 is 0 Å². The molecule has 0 bridgehead atoms. The fraction of sp³-hybridized carbons (Fsp3) is 1.00. The Morgan fingerprint density at radius 3 is 2.33 bits per heavy atom. The highest BCUT2D eigenvalue weighted by Gasteiger charge is 2.35. The van der Waals surface area contributed by atoms with Crippen molar-refractivity contribution in [3.05, 3.63) is 0 Å². The van der Waals surface area contributed by atoms with Crippen molar-refractivity contribution in [3.8, 4) is 0 Å². The molecule has 0 aromatic heterocycles. The minimum Gasteiger partial charge on any atom is -0.126 e. The lowest BCUT2D eigenvalue weighted by Gasteiger charge is -2.40. The van der Waals surface area contributed by atoms with Gasteiger partial charge in [0.25, 0.3) is 0 Å². The average Bonchev–Trinajstić information content (AvgIpc) is 2.38. The van der Waals surface area contributed by atoms with Crippen molar-refractivity contribution in [3.63, 3.8) is 0 Å². The predicted molar refractivity (Wildman–Crippen MR) is 83.3 cm³/mol. The smallest absolute Gasteiger partial charge is 0.0280 e. The molecule has 0 aromatic rings. The summed E-state index contributed by atoms with van der Waals surface area (Å²) in [6.45, 7) is 7.02. The lowest BCUT2D eigenvalue weighted by molar-refractivity contribution is 0.132. The van der Waals surface area contributed by atoms with Gasteiger partial charge in [-0.2, -0.15) is 0 Å². The molecule has 1 rings (SSSR count). The topological polar surface area (TPSA) is 0 Å². The van der Waals surface area contributed by atoms with E-state index in [1.54, 1.807) is 0 Å². The lowest BCUT2D eigenvalue weighted by Crippen LogP contribution is -2.31. The van der Waals surface area contributed by atoms with Crippen LogP contribution in [0.5, 0.6) is 0 Å². The van der Waals surface area contributed by atoms with E-state index in [9.17, 15) is 0 Å². The molecular formula is C17H33Cl. The monoisotopic (exact) mass is 272 g/mol. The quantitative estimate of drug-likeness (QED) is 0.447. The molecule has 18 heavy (non-hydrogen) atoms. The third kappa shape index (κ3) is 5.11. The number of hydrogen-bond acceptors (Lipinski definition) is 0. The molecule has 1 unspecified atom stereocenters. The van der Waals surface area contributed by atoms with Crippen LogP contribution in [-0.4, -0.2) is 5.88 Å². The number of halogens is 1. The summed E-state index contributed by atoms with van der Waals surface area (Å²) >= 11 is 6.33. The van der Waals surface area contributed by atoms with Crippen LogP contribution in [0.2, 0.25) is 0 Å². The Kier molecular flexibility index (Phi) is 7.68. The van der Waals surface area contributed by atoms with Crippen molar-refractivity contribution >= 4 is 11.6 Å². The van der Waals surface area contributed by atoms with E-state index in [4.69, 9.17) is 11.6 Å². The van der Waals surface area contributed by atoms with Gasteiger partial charge < -0.3 is 0 Å². The molecule has 0 N–H and O–H groups in total. The second-order valence-electron chi connectivity index (χ2n) is 6.82. The Balaban J connectivity index is 2.39. The highest BCUT2D eigenvalue weighted by atomic mass is 35.5. The zero-order valence-electron chi connectivity index (χ0n) is 12.8. The molecule has 1 saturated carbocycles. The van der Waals surface area contributed by atoms with Crippen LogP contribution < -0.4 is 0 Å². The summed E-state index contributed by atoms with van der Waals surface area (Å²) in [4.78, 5) is 0. The molecule has 1 atom stereocenters. The Morgan fingerprint density at radius 1 is 1.17 bits per heavy atom. The first-order valence-corrected chi connectivity index (χ1v) is 8.75. The molecule has 0 amide bonds. The average molecular weight is 273 g/mol. The van der Waals surface area contributed by atoms with E-state index in [1.807, 2.05) is 0 Å². The molecule has 108 valence electrons. The van der Waals surface area contributed by atoms with E-state index in [2.05, 4.69) is 20.8 Å². The fourth-order valence-electron chi connectivity index (χ4n) is 3.80. The largest absolute Gasteiger partial charge is 0.126 e. The van der Waals surface area contributed by atoms with Gasteiger partial charge in [0.15, 0.2) is 0 Å². The molecular weight excluding hydrogens is 240 g/mol. The first-order valence-electron chi connectivity index (χ1n) is 8.21. The summed E-state index contributed by atoms with van der Waals surface area (Å²) in [6.07, 6.45) is 13.9. The summed E-state index contributed by atoms with van der Waals surface area (Å²) in [5, 5.41) is 0. The maximum atomic E-state index is 6.33. The number of unbranched alkanes of at least 4 members (excludes halogenated alkanes) is 1. The first-order chi connectivity index (χ1) is 8.65. The van der Waals surface area contributed by atoms with Gasteiger partial charge in [0.1, 0.15) is 0 Å². The molecule has 0 spiro atoms. The SMILES string of the molecule is CCCCC1CCC(CCl)(CC(C)CCC)CC1. The van der Waals surface area contributed by atoms with Crippen molar-refractivity contribution in [2.75, 3.05) is 5.88 Å². The van der Waals surface area contributed by atoms with Crippen molar-refractivity contribution in [1.82, 2.24) is 0 Å². The van der Waals surface area contributed by atoms with Crippen LogP contribution in [0.25, 0.3) is 0 Å². The fourth-order valence-corrected chi connectivity index (χ4v) is 4.17. The van der Waals surface area contributed by atoms with Gasteiger partial charge in [-0.25, -0.2) is 0 Å². The summed E-state index contributed by atoms with van der Waals surface area (Å²) in [5.41, 5.74) is 0.485. The van der Waals surface area contributed by atoms with Gasteiger partial charge in [-0.15, -0.1) is 11.6 Å². The first kappa shape index (κ1) is 16.3. The predicted octanol–water partition coefficient (Wildman–Crippen LogP) is 6.42. The highest BCUT2D eigenvalue weighted by Crippen LogP contribution is 2.45. The molecule has 1 heteroatoms. The lowest BCUT2D eigenvalue weighted by atomic mass is 9.66. The summed E-state index contributed by atoms with van der Waals surface area (Å²) in [5.74, 6) is 2.75. The Labute approximate surface area is 120 Å². The van der Waals surface area contributed by atoms with Crippen LogP contribution in [0.1, 0.15) is 85.0 Å². The Hall–Kier alpha value is 0.290. The van der Waals surface area contributed by atoms with Crippen molar-refractivity contribution < 1.29 is 0 Å². The van der Waals surface area contributed by atoms with E-state index >= 15 is 0 Å². The van der Waals surface area contributed by atoms with Gasteiger partial charge in [-0.1, -0.05) is 52.9 Å². The van der Waals surface area contributed by atoms with Crippen LogP contribution in [0.15, 0.2) is 0 Å². The van der Waals surface area contributed by atoms with Gasteiger partial charge in [-0.05, 0) is 49.4 Å². The molecule has 0 saturated heterocycles. The van der Waals surface area contributed by atoms with Gasteiger partial charge in [0.05, 0.1) is 0 Å². The molecule has 1 aliphatic carbocycles. The molecule has 1 fully saturated rings. The van der Waals surface area contributed by atoms with Gasteiger partial charge in [-0.3, -0.25) is 0 Å². The van der Waals surface area contributed by atoms with Crippen LogP contribution in [0.4, 0.5) is 0 Å². The minimum atomic E-state index is 0.485. The van der Waals surface area contributed by atoms with E-state index in [0.717, 1.165) is 17.7 Å². The molecule has 1 aliphatic rings. The standard InChI is InChI=1S/C17H33Cl/c1-4-6-8-16-9-11-17(14-18,12-10-16)13-15(3)7-5-2/h15-16H,4-14H2,1-3H3. The van der Waals surface area contributed by atoms with Crippen LogP contribution in [0, 0.1) is 17.3 Å². The number of rotatable bonds is 8. The maximum absolute atomic E-state index is 6.33. The van der Waals surface area contributed by atoms with Crippen LogP contribution in [0.3, 0.4) is 0 Å². The molecule has 0 nitrogen and oxygen atoms in total. The molecule has 0 aliphatic heterocycles. The second-order valence-corrected chi connectivity index (χ2v) is 7.08. The van der Waals surface area contributed by atoms with Crippen molar-refractivity contribution in [2.24, 2.45) is 17.3 Å². The van der Waals surface area contributed by atoms with E-state index in [-0.39, 0.29) is 0 Å². The third-order valence-electron chi connectivity index (χ3n) is 4.98. The number of alkyl halides is 1. The van der Waals surface area contributed by atoms with Gasteiger partial charge in [0, 0.05) is 5.88 Å². The summed E-state index contributed by atoms with van der Waals surface area (Å²) in [6, 6.07) is 0. The Bertz CT molecular complexity index is 204. The van der Waals surface area contributed by atoms with Crippen molar-refractivity contribution in [2.45, 2.75) is 85.0 Å². The van der Waals surface area contributed by atoms with Crippen LogP contribution >= 0.6 is 11.6 Å². The van der Waals surface area contributed by atoms with E-state index in [0.29, 0.717) is 5.41 Å². The maximum Gasteiger partial charge on any atom is 0.0280 e. The summed E-state index contributed by atoms with van der Waals surface area (Å²) < 4.78 is 0. The van der Waals surface area contributed by atoms with Gasteiger partial charge in [0.2, 0.25) is 0 Å².